The Hall–Kier alpha value is -1.87. The number of amides is 1. The molecule has 1 aromatic heterocycles. The number of halogens is 1. The van der Waals surface area contributed by atoms with Crippen molar-refractivity contribution >= 4 is 17.5 Å². The molecular formula is C14H13ClN2O. The van der Waals surface area contributed by atoms with Crippen molar-refractivity contribution in [3.63, 3.8) is 0 Å². The summed E-state index contributed by atoms with van der Waals surface area (Å²) in [5.41, 5.74) is 1.64. The van der Waals surface area contributed by atoms with Gasteiger partial charge in [0.1, 0.15) is 0 Å². The maximum absolute atomic E-state index is 12.2. The second-order valence-corrected chi connectivity index (χ2v) is 4.46. The number of rotatable bonds is 3. The van der Waals surface area contributed by atoms with Crippen LogP contribution in [0, 0.1) is 0 Å². The third-order valence-electron chi connectivity index (χ3n) is 2.59. The van der Waals surface area contributed by atoms with Crippen molar-refractivity contribution in [3.05, 3.63) is 64.9 Å². The monoisotopic (exact) mass is 260 g/mol. The van der Waals surface area contributed by atoms with E-state index in [-0.39, 0.29) is 5.91 Å². The van der Waals surface area contributed by atoms with Gasteiger partial charge in [-0.3, -0.25) is 9.78 Å². The lowest BCUT2D eigenvalue weighted by molar-refractivity contribution is 0.0785. The molecule has 0 N–H and O–H groups in total. The van der Waals surface area contributed by atoms with Gasteiger partial charge in [-0.15, -0.1) is 0 Å². The van der Waals surface area contributed by atoms with Gasteiger partial charge in [0.2, 0.25) is 0 Å². The zero-order valence-corrected chi connectivity index (χ0v) is 10.8. The van der Waals surface area contributed by atoms with Crippen LogP contribution in [0.2, 0.25) is 5.02 Å². The van der Waals surface area contributed by atoms with Crippen molar-refractivity contribution in [1.29, 1.82) is 0 Å². The summed E-state index contributed by atoms with van der Waals surface area (Å²) in [6, 6.07) is 10.7. The highest BCUT2D eigenvalue weighted by Crippen LogP contribution is 2.13. The van der Waals surface area contributed by atoms with Crippen LogP contribution in [0.1, 0.15) is 15.9 Å². The van der Waals surface area contributed by atoms with Crippen LogP contribution in [0.5, 0.6) is 0 Å². The molecule has 2 rings (SSSR count). The van der Waals surface area contributed by atoms with E-state index in [1.807, 2.05) is 12.1 Å². The van der Waals surface area contributed by atoms with Gasteiger partial charge in [0, 0.05) is 36.6 Å². The fourth-order valence-corrected chi connectivity index (χ4v) is 1.87. The van der Waals surface area contributed by atoms with Gasteiger partial charge in [-0.2, -0.15) is 0 Å². The first-order valence-electron chi connectivity index (χ1n) is 5.57. The Balaban J connectivity index is 2.10. The van der Waals surface area contributed by atoms with Gasteiger partial charge < -0.3 is 4.90 Å². The fraction of sp³-hybridized carbons (Fsp3) is 0.143. The van der Waals surface area contributed by atoms with E-state index in [4.69, 9.17) is 11.6 Å². The minimum Gasteiger partial charge on any atom is -0.337 e. The maximum Gasteiger partial charge on any atom is 0.253 e. The molecule has 4 heteroatoms. The molecule has 0 aliphatic carbocycles. The topological polar surface area (TPSA) is 33.2 Å². The molecule has 0 radical (unpaired) electrons. The summed E-state index contributed by atoms with van der Waals surface area (Å²) in [4.78, 5) is 17.8. The van der Waals surface area contributed by atoms with Gasteiger partial charge in [0.05, 0.1) is 0 Å². The third kappa shape index (κ3) is 3.08. The smallest absolute Gasteiger partial charge is 0.253 e. The van der Waals surface area contributed by atoms with Crippen molar-refractivity contribution in [3.8, 4) is 0 Å². The Bertz CT molecular complexity index is 543. The van der Waals surface area contributed by atoms with E-state index in [2.05, 4.69) is 4.98 Å². The maximum atomic E-state index is 12.2. The second-order valence-electron chi connectivity index (χ2n) is 4.03. The van der Waals surface area contributed by atoms with E-state index >= 15 is 0 Å². The van der Waals surface area contributed by atoms with Crippen molar-refractivity contribution < 1.29 is 4.79 Å². The quantitative estimate of drug-likeness (QED) is 0.850. The lowest BCUT2D eigenvalue weighted by Crippen LogP contribution is -2.26. The summed E-state index contributed by atoms with van der Waals surface area (Å²) < 4.78 is 0. The van der Waals surface area contributed by atoms with Crippen LogP contribution in [0.25, 0.3) is 0 Å². The highest BCUT2D eigenvalue weighted by atomic mass is 35.5. The largest absolute Gasteiger partial charge is 0.337 e. The molecule has 1 heterocycles. The Morgan fingerprint density at radius 1 is 1.28 bits per heavy atom. The van der Waals surface area contributed by atoms with Crippen molar-refractivity contribution in [2.24, 2.45) is 0 Å². The molecule has 0 atom stereocenters. The van der Waals surface area contributed by atoms with Crippen LogP contribution in [0.15, 0.2) is 48.8 Å². The average molecular weight is 261 g/mol. The number of benzene rings is 1. The second kappa shape index (κ2) is 5.65. The summed E-state index contributed by atoms with van der Waals surface area (Å²) in [5.74, 6) is -0.0469. The lowest BCUT2D eigenvalue weighted by atomic mass is 10.2. The molecule has 1 aromatic carbocycles. The molecule has 0 fully saturated rings. The van der Waals surface area contributed by atoms with Gasteiger partial charge in [0.25, 0.3) is 5.91 Å². The molecule has 0 bridgehead atoms. The van der Waals surface area contributed by atoms with Gasteiger partial charge in [-0.25, -0.2) is 0 Å². The summed E-state index contributed by atoms with van der Waals surface area (Å²) in [6.07, 6.45) is 3.43. The van der Waals surface area contributed by atoms with E-state index in [1.165, 1.54) is 0 Å². The Kier molecular flexibility index (Phi) is 3.95. The average Bonchev–Trinajstić information content (AvgIpc) is 2.39. The predicted molar refractivity (Wildman–Crippen MR) is 71.5 cm³/mol. The number of carbonyl (C=O) groups excluding carboxylic acids is 1. The number of nitrogens with zero attached hydrogens (tertiary/aromatic N) is 2. The summed E-state index contributed by atoms with van der Waals surface area (Å²) in [5, 5.41) is 0.568. The first-order chi connectivity index (χ1) is 8.66. The molecule has 0 spiro atoms. The van der Waals surface area contributed by atoms with Gasteiger partial charge in [-0.1, -0.05) is 17.7 Å². The van der Waals surface area contributed by atoms with Crippen LogP contribution in [-0.4, -0.2) is 22.8 Å². The van der Waals surface area contributed by atoms with Crippen LogP contribution in [-0.2, 0) is 6.54 Å². The normalized spacial score (nSPS) is 10.1. The Labute approximate surface area is 111 Å². The molecule has 0 saturated heterocycles. The molecule has 2 aromatic rings. The van der Waals surface area contributed by atoms with E-state index < -0.39 is 0 Å². The predicted octanol–water partition coefficient (Wildman–Crippen LogP) is 3.01. The van der Waals surface area contributed by atoms with Crippen LogP contribution in [0.3, 0.4) is 0 Å². The molecule has 0 unspecified atom stereocenters. The molecule has 18 heavy (non-hydrogen) atoms. The standard InChI is InChI=1S/C14H13ClN2O/c1-17(10-11-5-7-16-8-6-11)14(18)12-3-2-4-13(15)9-12/h2-9H,10H2,1H3. The van der Waals surface area contributed by atoms with Crippen molar-refractivity contribution in [1.82, 2.24) is 9.88 Å². The van der Waals surface area contributed by atoms with Gasteiger partial charge in [0.15, 0.2) is 0 Å². The van der Waals surface area contributed by atoms with Crippen LogP contribution < -0.4 is 0 Å². The fourth-order valence-electron chi connectivity index (χ4n) is 1.68. The number of pyridine rings is 1. The number of hydrogen-bond acceptors (Lipinski definition) is 2. The van der Waals surface area contributed by atoms with E-state index in [0.717, 1.165) is 5.56 Å². The molecule has 0 saturated carbocycles. The summed E-state index contributed by atoms with van der Waals surface area (Å²) >= 11 is 5.87. The Morgan fingerprint density at radius 3 is 2.67 bits per heavy atom. The van der Waals surface area contributed by atoms with Gasteiger partial charge >= 0.3 is 0 Å². The molecule has 92 valence electrons. The minimum atomic E-state index is -0.0469. The number of carbonyl (C=O) groups is 1. The van der Waals surface area contributed by atoms with E-state index in [1.54, 1.807) is 48.6 Å². The molecule has 0 aliphatic rings. The molecule has 3 nitrogen and oxygen atoms in total. The number of aromatic nitrogens is 1. The highest BCUT2D eigenvalue weighted by Gasteiger charge is 2.11. The van der Waals surface area contributed by atoms with Gasteiger partial charge in [-0.05, 0) is 35.9 Å². The van der Waals surface area contributed by atoms with E-state index in [0.29, 0.717) is 17.1 Å². The lowest BCUT2D eigenvalue weighted by Gasteiger charge is -2.17. The highest BCUT2D eigenvalue weighted by molar-refractivity contribution is 6.30. The van der Waals surface area contributed by atoms with Crippen molar-refractivity contribution in [2.45, 2.75) is 6.54 Å². The first-order valence-corrected chi connectivity index (χ1v) is 5.94. The minimum absolute atomic E-state index is 0.0469. The summed E-state index contributed by atoms with van der Waals surface area (Å²) in [7, 11) is 1.77. The SMILES string of the molecule is CN(Cc1ccncc1)C(=O)c1cccc(Cl)c1. The molecule has 1 amide bonds. The van der Waals surface area contributed by atoms with Crippen molar-refractivity contribution in [2.75, 3.05) is 7.05 Å². The molecular weight excluding hydrogens is 248 g/mol. The Morgan fingerprint density at radius 2 is 2.00 bits per heavy atom. The summed E-state index contributed by atoms with van der Waals surface area (Å²) in [6.45, 7) is 0.549. The van der Waals surface area contributed by atoms with E-state index in [9.17, 15) is 4.79 Å². The van der Waals surface area contributed by atoms with Crippen LogP contribution in [0.4, 0.5) is 0 Å². The van der Waals surface area contributed by atoms with Crippen LogP contribution >= 0.6 is 11.6 Å². The number of hydrogen-bond donors (Lipinski definition) is 0. The first kappa shape index (κ1) is 12.6. The zero-order valence-electron chi connectivity index (χ0n) is 10.0. The zero-order chi connectivity index (χ0) is 13.0. The third-order valence-corrected chi connectivity index (χ3v) is 2.82. The molecule has 0 aliphatic heterocycles.